The first-order valence-electron chi connectivity index (χ1n) is 9.25. The molecule has 1 unspecified atom stereocenters. The molecule has 1 N–H and O–H groups in total. The number of nitrogens with zero attached hydrogens (tertiary/aromatic N) is 5. The molecule has 3 aromatic rings. The fraction of sp³-hybridized carbons (Fsp3) is 0.368. The van der Waals surface area contributed by atoms with Gasteiger partial charge in [-0.2, -0.15) is 18.3 Å². The molecule has 152 valence electrons. The van der Waals surface area contributed by atoms with Gasteiger partial charge in [0, 0.05) is 43.3 Å². The van der Waals surface area contributed by atoms with Crippen LogP contribution in [-0.4, -0.2) is 55.7 Å². The van der Waals surface area contributed by atoms with Crippen LogP contribution in [-0.2, 0) is 4.79 Å². The first-order valence-corrected chi connectivity index (χ1v) is 9.25. The largest absolute Gasteiger partial charge is 0.397 e. The summed E-state index contributed by atoms with van der Waals surface area (Å²) in [6, 6.07) is 5.18. The number of fused-ring (bicyclic) bond motifs is 1. The molecule has 1 fully saturated rings. The van der Waals surface area contributed by atoms with Crippen LogP contribution in [0.5, 0.6) is 0 Å². The zero-order valence-corrected chi connectivity index (χ0v) is 15.4. The Balaban J connectivity index is 1.48. The molecular weight excluding hydrogens is 385 g/mol. The molecule has 0 saturated carbocycles. The third-order valence-electron chi connectivity index (χ3n) is 4.93. The second kappa shape index (κ2) is 7.69. The maximum absolute atomic E-state index is 12.5. The number of halogens is 3. The summed E-state index contributed by atoms with van der Waals surface area (Å²) in [5, 5.41) is 7.44. The van der Waals surface area contributed by atoms with Crippen LogP contribution in [0.15, 0.2) is 43.0 Å². The summed E-state index contributed by atoms with van der Waals surface area (Å²) in [6.45, 7) is 0.689. The Hall–Kier alpha value is -3.17. The van der Waals surface area contributed by atoms with Crippen LogP contribution >= 0.6 is 0 Å². The molecule has 7 nitrogen and oxygen atoms in total. The minimum absolute atomic E-state index is 0.285. The molecule has 10 heteroatoms. The lowest BCUT2D eigenvalue weighted by atomic mass is 10.1. The highest BCUT2D eigenvalue weighted by atomic mass is 19.4. The minimum atomic E-state index is -4.49. The Morgan fingerprint density at radius 3 is 2.79 bits per heavy atom. The Morgan fingerprint density at radius 2 is 2.03 bits per heavy atom. The highest BCUT2D eigenvalue weighted by Crippen LogP contribution is 2.26. The van der Waals surface area contributed by atoms with E-state index in [2.05, 4.69) is 20.4 Å². The molecular formula is C19H19F3N6O. The van der Waals surface area contributed by atoms with Crippen molar-refractivity contribution in [2.24, 2.45) is 0 Å². The number of alkyl halides is 3. The normalized spacial score (nSPS) is 17.1. The monoisotopic (exact) mass is 404 g/mol. The van der Waals surface area contributed by atoms with Gasteiger partial charge in [-0.05, 0) is 36.6 Å². The molecule has 29 heavy (non-hydrogen) atoms. The van der Waals surface area contributed by atoms with Gasteiger partial charge >= 0.3 is 6.18 Å². The summed E-state index contributed by atoms with van der Waals surface area (Å²) in [5.74, 6) is -0.301. The molecule has 0 spiro atoms. The van der Waals surface area contributed by atoms with E-state index >= 15 is 0 Å². The van der Waals surface area contributed by atoms with E-state index in [0.717, 1.165) is 11.1 Å². The van der Waals surface area contributed by atoms with Crippen molar-refractivity contribution in [3.05, 3.63) is 43.0 Å². The van der Waals surface area contributed by atoms with Crippen LogP contribution in [0.3, 0.4) is 0 Å². The van der Waals surface area contributed by atoms with Crippen molar-refractivity contribution in [2.75, 3.05) is 18.4 Å². The summed E-state index contributed by atoms with van der Waals surface area (Å²) < 4.78 is 39.3. The Labute approximate surface area is 164 Å². The molecule has 1 atom stereocenters. The van der Waals surface area contributed by atoms with Crippen molar-refractivity contribution in [3.8, 4) is 11.1 Å². The van der Waals surface area contributed by atoms with Crippen molar-refractivity contribution >= 4 is 17.4 Å². The van der Waals surface area contributed by atoms with E-state index in [1.165, 1.54) is 4.90 Å². The van der Waals surface area contributed by atoms with Crippen molar-refractivity contribution in [1.82, 2.24) is 24.5 Å². The summed E-state index contributed by atoms with van der Waals surface area (Å²) >= 11 is 0. The third kappa shape index (κ3) is 4.30. The number of pyridine rings is 1. The zero-order chi connectivity index (χ0) is 20.4. The molecule has 0 radical (unpaired) electrons. The first kappa shape index (κ1) is 19.2. The van der Waals surface area contributed by atoms with Gasteiger partial charge in [0.2, 0.25) is 5.91 Å². The van der Waals surface area contributed by atoms with Gasteiger partial charge in [0.1, 0.15) is 12.2 Å². The van der Waals surface area contributed by atoms with E-state index in [4.69, 9.17) is 0 Å². The molecule has 1 saturated heterocycles. The number of hydrogen-bond acceptors (Lipinski definition) is 5. The molecule has 4 heterocycles. The highest BCUT2D eigenvalue weighted by molar-refractivity contribution is 5.78. The summed E-state index contributed by atoms with van der Waals surface area (Å²) in [4.78, 5) is 21.9. The van der Waals surface area contributed by atoms with Gasteiger partial charge in [-0.3, -0.25) is 9.78 Å². The average molecular weight is 404 g/mol. The van der Waals surface area contributed by atoms with Gasteiger partial charge in [0.15, 0.2) is 5.65 Å². The molecule has 0 aromatic carbocycles. The highest BCUT2D eigenvalue weighted by Gasteiger charge is 2.37. The van der Waals surface area contributed by atoms with Gasteiger partial charge in [-0.25, -0.2) is 9.50 Å². The molecule has 1 amide bonds. The van der Waals surface area contributed by atoms with Gasteiger partial charge in [0.05, 0.1) is 6.20 Å². The topological polar surface area (TPSA) is 75.4 Å². The SMILES string of the molecule is O=C(CC(F)(F)F)N1CCCC1CNc1ccn2ncc(-c3ccncc3)c2n1. The first-order chi connectivity index (χ1) is 13.9. The second-order valence-electron chi connectivity index (χ2n) is 6.93. The number of aromatic nitrogens is 4. The number of anilines is 1. The van der Waals surface area contributed by atoms with Gasteiger partial charge in [-0.1, -0.05) is 0 Å². The van der Waals surface area contributed by atoms with E-state index < -0.39 is 18.5 Å². The molecule has 0 bridgehead atoms. The predicted octanol–water partition coefficient (Wildman–Crippen LogP) is 3.15. The average Bonchev–Trinajstić information content (AvgIpc) is 3.32. The van der Waals surface area contributed by atoms with Crippen LogP contribution in [0.25, 0.3) is 16.8 Å². The zero-order valence-electron chi connectivity index (χ0n) is 15.4. The van der Waals surface area contributed by atoms with Crippen molar-refractivity contribution in [1.29, 1.82) is 0 Å². The van der Waals surface area contributed by atoms with E-state index in [-0.39, 0.29) is 6.04 Å². The van der Waals surface area contributed by atoms with Crippen molar-refractivity contribution in [2.45, 2.75) is 31.5 Å². The van der Waals surface area contributed by atoms with E-state index in [9.17, 15) is 18.0 Å². The van der Waals surface area contributed by atoms with Crippen molar-refractivity contribution < 1.29 is 18.0 Å². The van der Waals surface area contributed by atoms with Crippen molar-refractivity contribution in [3.63, 3.8) is 0 Å². The molecule has 0 aliphatic carbocycles. The molecule has 1 aliphatic rings. The Morgan fingerprint density at radius 1 is 1.24 bits per heavy atom. The lowest BCUT2D eigenvalue weighted by molar-refractivity contribution is -0.161. The lowest BCUT2D eigenvalue weighted by Gasteiger charge is -2.25. The number of carbonyl (C=O) groups is 1. The van der Waals surface area contributed by atoms with Gasteiger partial charge in [-0.15, -0.1) is 0 Å². The van der Waals surface area contributed by atoms with Crippen LogP contribution in [0, 0.1) is 0 Å². The smallest absolute Gasteiger partial charge is 0.368 e. The Bertz CT molecular complexity index is 1000. The van der Waals surface area contributed by atoms with E-state index in [1.54, 1.807) is 35.4 Å². The summed E-state index contributed by atoms with van der Waals surface area (Å²) in [5.41, 5.74) is 2.43. The fourth-order valence-corrected chi connectivity index (χ4v) is 3.57. The van der Waals surface area contributed by atoms with Crippen LogP contribution < -0.4 is 5.32 Å². The van der Waals surface area contributed by atoms with Crippen LogP contribution in [0.1, 0.15) is 19.3 Å². The maximum Gasteiger partial charge on any atom is 0.397 e. The number of amides is 1. The van der Waals surface area contributed by atoms with E-state index in [0.29, 0.717) is 37.4 Å². The number of hydrogen-bond donors (Lipinski definition) is 1. The van der Waals surface area contributed by atoms with E-state index in [1.807, 2.05) is 12.1 Å². The third-order valence-corrected chi connectivity index (χ3v) is 4.93. The standard InChI is InChI=1S/C19H19F3N6O/c20-19(21,22)10-17(29)27-8-1-2-14(27)11-24-16-5-9-28-18(26-16)15(12-25-28)13-3-6-23-7-4-13/h3-7,9,12,14H,1-2,8,10-11H2,(H,24,26). The fourth-order valence-electron chi connectivity index (χ4n) is 3.57. The van der Waals surface area contributed by atoms with Gasteiger partial charge in [0.25, 0.3) is 0 Å². The van der Waals surface area contributed by atoms with Crippen LogP contribution in [0.4, 0.5) is 19.0 Å². The summed E-state index contributed by atoms with van der Waals surface area (Å²) in [6.07, 6.45) is 2.30. The van der Waals surface area contributed by atoms with Gasteiger partial charge < -0.3 is 10.2 Å². The molecule has 1 aliphatic heterocycles. The molecule has 4 rings (SSSR count). The Kier molecular flexibility index (Phi) is 5.08. The number of nitrogens with one attached hydrogen (secondary N) is 1. The minimum Gasteiger partial charge on any atom is -0.368 e. The number of likely N-dealkylation sites (tertiary alicyclic amines) is 1. The van der Waals surface area contributed by atoms with Crippen LogP contribution in [0.2, 0.25) is 0 Å². The summed E-state index contributed by atoms with van der Waals surface area (Å²) in [7, 11) is 0. The number of carbonyl (C=O) groups excluding carboxylic acids is 1. The molecule has 3 aromatic heterocycles. The lowest BCUT2D eigenvalue weighted by Crippen LogP contribution is -2.41. The predicted molar refractivity (Wildman–Crippen MR) is 100 cm³/mol. The maximum atomic E-state index is 12.5. The second-order valence-corrected chi connectivity index (χ2v) is 6.93. The quantitative estimate of drug-likeness (QED) is 0.707. The number of rotatable bonds is 5.